The Kier molecular flexibility index (Phi) is 4.24. The summed E-state index contributed by atoms with van der Waals surface area (Å²) < 4.78 is 8.31. The highest BCUT2D eigenvalue weighted by Gasteiger charge is 2.53. The van der Waals surface area contributed by atoms with Crippen molar-refractivity contribution in [2.24, 2.45) is 22.7 Å². The van der Waals surface area contributed by atoms with Crippen LogP contribution in [0.25, 0.3) is 0 Å². The lowest BCUT2D eigenvalue weighted by Gasteiger charge is -2.23. The van der Waals surface area contributed by atoms with E-state index in [4.69, 9.17) is 4.74 Å². The Morgan fingerprint density at radius 3 is 2.67 bits per heavy atom. The highest BCUT2D eigenvalue weighted by Crippen LogP contribution is 2.47. The van der Waals surface area contributed by atoms with Crippen LogP contribution < -0.4 is 5.32 Å². The molecule has 2 bridgehead atoms. The van der Waals surface area contributed by atoms with Crippen LogP contribution in [0.2, 0.25) is 0 Å². The van der Waals surface area contributed by atoms with Crippen molar-refractivity contribution in [3.05, 3.63) is 18.2 Å². The molecule has 6 heteroatoms. The van der Waals surface area contributed by atoms with E-state index < -0.39 is 0 Å². The predicted octanol–water partition coefficient (Wildman–Crippen LogP) is 1.72. The molecule has 24 heavy (non-hydrogen) atoms. The van der Waals surface area contributed by atoms with Gasteiger partial charge in [0.05, 0.1) is 18.8 Å². The molecule has 0 aliphatic carbocycles. The van der Waals surface area contributed by atoms with Crippen LogP contribution in [0.15, 0.2) is 17.4 Å². The zero-order chi connectivity index (χ0) is 16.7. The minimum Gasteiger partial charge on any atom is -0.374 e. The second-order valence-corrected chi connectivity index (χ2v) is 7.81. The maximum absolute atomic E-state index is 6.07. The number of hydrogen-bond acceptors (Lipinski definition) is 3. The molecule has 6 nitrogen and oxygen atoms in total. The lowest BCUT2D eigenvalue weighted by molar-refractivity contribution is 0.0767. The predicted molar refractivity (Wildman–Crippen MR) is 93.7 cm³/mol. The topological polar surface area (TPSA) is 54.7 Å². The van der Waals surface area contributed by atoms with E-state index in [1.54, 1.807) is 0 Å². The average molecular weight is 331 g/mol. The van der Waals surface area contributed by atoms with Gasteiger partial charge < -0.3 is 19.5 Å². The molecule has 4 rings (SSSR count). The van der Waals surface area contributed by atoms with Crippen molar-refractivity contribution in [1.82, 2.24) is 19.8 Å². The van der Waals surface area contributed by atoms with Gasteiger partial charge in [0.1, 0.15) is 5.82 Å². The summed E-state index contributed by atoms with van der Waals surface area (Å²) in [6.07, 6.45) is 7.43. The van der Waals surface area contributed by atoms with Gasteiger partial charge in [0.25, 0.3) is 0 Å². The Morgan fingerprint density at radius 1 is 1.33 bits per heavy atom. The number of likely N-dealkylation sites (tertiary alicyclic amines) is 1. The summed E-state index contributed by atoms with van der Waals surface area (Å²) in [6, 6.07) is 0. The first-order chi connectivity index (χ1) is 11.7. The summed E-state index contributed by atoms with van der Waals surface area (Å²) in [5.41, 5.74) is 0. The zero-order valence-corrected chi connectivity index (χ0v) is 15.0. The number of rotatable bonds is 4. The molecule has 4 heterocycles. The summed E-state index contributed by atoms with van der Waals surface area (Å²) in [4.78, 5) is 11.4. The Balaban J connectivity index is 1.37. The summed E-state index contributed by atoms with van der Waals surface area (Å²) in [6.45, 7) is 8.34. The first-order valence-corrected chi connectivity index (χ1v) is 9.26. The molecule has 4 unspecified atom stereocenters. The molecule has 1 aromatic rings. The van der Waals surface area contributed by atoms with Crippen LogP contribution in [0.4, 0.5) is 0 Å². The maximum Gasteiger partial charge on any atom is 0.194 e. The fourth-order valence-electron chi connectivity index (χ4n) is 4.69. The van der Waals surface area contributed by atoms with Crippen molar-refractivity contribution < 1.29 is 4.74 Å². The van der Waals surface area contributed by atoms with Gasteiger partial charge in [0, 0.05) is 50.9 Å². The number of ether oxygens (including phenoxy) is 1. The van der Waals surface area contributed by atoms with Gasteiger partial charge in [0.15, 0.2) is 5.96 Å². The van der Waals surface area contributed by atoms with Gasteiger partial charge >= 0.3 is 0 Å². The molecule has 0 saturated carbocycles. The Morgan fingerprint density at radius 2 is 2.04 bits per heavy atom. The summed E-state index contributed by atoms with van der Waals surface area (Å²) in [7, 11) is 1.88. The number of imidazole rings is 1. The summed E-state index contributed by atoms with van der Waals surface area (Å²) >= 11 is 0. The molecule has 0 amide bonds. The van der Waals surface area contributed by atoms with Crippen LogP contribution in [-0.4, -0.2) is 52.8 Å². The van der Waals surface area contributed by atoms with E-state index in [-0.39, 0.29) is 0 Å². The summed E-state index contributed by atoms with van der Waals surface area (Å²) in [5.74, 6) is 4.09. The molecule has 4 atom stereocenters. The van der Waals surface area contributed by atoms with Gasteiger partial charge in [-0.1, -0.05) is 13.8 Å². The van der Waals surface area contributed by atoms with Crippen LogP contribution in [0.5, 0.6) is 0 Å². The number of nitrogens with zero attached hydrogens (tertiary/aromatic N) is 4. The third kappa shape index (κ3) is 2.81. The van der Waals surface area contributed by atoms with Gasteiger partial charge in [0.2, 0.25) is 0 Å². The number of hydrogen-bond donors (Lipinski definition) is 1. The highest BCUT2D eigenvalue weighted by atomic mass is 16.5. The Hall–Kier alpha value is -1.56. The van der Waals surface area contributed by atoms with Gasteiger partial charge in [-0.15, -0.1) is 0 Å². The molecule has 1 aromatic heterocycles. The van der Waals surface area contributed by atoms with Crippen molar-refractivity contribution >= 4 is 5.96 Å². The van der Waals surface area contributed by atoms with Crippen molar-refractivity contribution in [3.63, 3.8) is 0 Å². The van der Waals surface area contributed by atoms with E-state index in [9.17, 15) is 0 Å². The SMILES string of the molecule is CN=C(NCc1nccn1CC(C)C)N1CC2C3CCC(O3)C2C1. The number of nitrogens with one attached hydrogen (secondary N) is 1. The van der Waals surface area contributed by atoms with E-state index in [0.29, 0.717) is 30.0 Å². The van der Waals surface area contributed by atoms with Gasteiger partial charge in [-0.3, -0.25) is 4.99 Å². The molecule has 0 spiro atoms. The number of fused-ring (bicyclic) bond motifs is 5. The van der Waals surface area contributed by atoms with Crippen LogP contribution in [0.3, 0.4) is 0 Å². The van der Waals surface area contributed by atoms with Crippen LogP contribution in [0.1, 0.15) is 32.5 Å². The van der Waals surface area contributed by atoms with Crippen LogP contribution in [-0.2, 0) is 17.8 Å². The molecule has 132 valence electrons. The third-order valence-corrected chi connectivity index (χ3v) is 5.73. The molecule has 0 aromatic carbocycles. The third-order valence-electron chi connectivity index (χ3n) is 5.73. The minimum atomic E-state index is 0.494. The van der Waals surface area contributed by atoms with Gasteiger partial charge in [-0.25, -0.2) is 4.98 Å². The van der Waals surface area contributed by atoms with E-state index in [0.717, 1.165) is 38.0 Å². The quantitative estimate of drug-likeness (QED) is 0.674. The lowest BCUT2D eigenvalue weighted by atomic mass is 9.82. The van der Waals surface area contributed by atoms with Crippen molar-refractivity contribution in [1.29, 1.82) is 0 Å². The first kappa shape index (κ1) is 15.9. The zero-order valence-electron chi connectivity index (χ0n) is 15.0. The number of aliphatic imine (C=N–C) groups is 1. The minimum absolute atomic E-state index is 0.494. The van der Waals surface area contributed by atoms with Crippen molar-refractivity contribution in [3.8, 4) is 0 Å². The molecular formula is C18H29N5O. The van der Waals surface area contributed by atoms with Crippen LogP contribution in [0, 0.1) is 17.8 Å². The standard InChI is InChI=1S/C18H29N5O/c1-12(2)9-22-7-6-20-17(22)8-21-18(19-3)23-10-13-14(11-23)16-5-4-15(13)24-16/h6-7,12-16H,4-5,8-11H2,1-3H3,(H,19,21). The first-order valence-electron chi connectivity index (χ1n) is 9.26. The Bertz CT molecular complexity index is 592. The fraction of sp³-hybridized carbons (Fsp3) is 0.778. The second kappa shape index (κ2) is 6.39. The molecule has 3 aliphatic heterocycles. The lowest BCUT2D eigenvalue weighted by Crippen LogP contribution is -2.41. The maximum atomic E-state index is 6.07. The number of aromatic nitrogens is 2. The highest BCUT2D eigenvalue weighted by molar-refractivity contribution is 5.80. The molecule has 0 radical (unpaired) electrons. The van der Waals surface area contributed by atoms with Crippen molar-refractivity contribution in [2.75, 3.05) is 20.1 Å². The largest absolute Gasteiger partial charge is 0.374 e. The second-order valence-electron chi connectivity index (χ2n) is 7.81. The Labute approximate surface area is 144 Å². The van der Waals surface area contributed by atoms with E-state index in [2.05, 4.69) is 44.8 Å². The van der Waals surface area contributed by atoms with Gasteiger partial charge in [-0.2, -0.15) is 0 Å². The smallest absolute Gasteiger partial charge is 0.194 e. The average Bonchev–Trinajstić information content (AvgIpc) is 3.29. The van der Waals surface area contributed by atoms with Crippen LogP contribution >= 0.6 is 0 Å². The molecule has 3 saturated heterocycles. The summed E-state index contributed by atoms with van der Waals surface area (Å²) in [5, 5.41) is 3.52. The normalized spacial score (nSPS) is 32.0. The molecular weight excluding hydrogens is 302 g/mol. The van der Waals surface area contributed by atoms with Gasteiger partial charge in [-0.05, 0) is 18.8 Å². The van der Waals surface area contributed by atoms with Crippen molar-refractivity contribution in [2.45, 2.75) is 52.0 Å². The molecule has 3 aliphatic rings. The van der Waals surface area contributed by atoms with E-state index in [1.807, 2.05) is 13.2 Å². The fourth-order valence-corrected chi connectivity index (χ4v) is 4.69. The van der Waals surface area contributed by atoms with E-state index >= 15 is 0 Å². The molecule has 1 N–H and O–H groups in total. The monoisotopic (exact) mass is 331 g/mol. The number of guanidine groups is 1. The van der Waals surface area contributed by atoms with E-state index in [1.165, 1.54) is 12.8 Å². The molecule has 3 fully saturated rings.